The van der Waals surface area contributed by atoms with Gasteiger partial charge >= 0.3 is 0 Å². The molecule has 3 N–H and O–H groups in total. The third kappa shape index (κ3) is 5.16. The van der Waals surface area contributed by atoms with Crippen molar-refractivity contribution < 1.29 is 9.59 Å². The number of hydrogen-bond donors (Lipinski definition) is 3. The Bertz CT molecular complexity index is 1030. The Morgan fingerprint density at radius 1 is 0.966 bits per heavy atom. The van der Waals surface area contributed by atoms with E-state index in [4.69, 9.17) is 0 Å². The van der Waals surface area contributed by atoms with E-state index in [0.29, 0.717) is 11.5 Å². The number of anilines is 4. The SMILES string of the molecule is CCc1cccc(C)c1NC(=O)c1cc(Nc2ccc(NC(C)=O)cc2)ncn1. The van der Waals surface area contributed by atoms with Gasteiger partial charge in [0, 0.05) is 30.1 Å². The Morgan fingerprint density at radius 2 is 1.69 bits per heavy atom. The van der Waals surface area contributed by atoms with E-state index in [1.807, 2.05) is 44.2 Å². The first-order valence-electron chi connectivity index (χ1n) is 9.33. The number of benzene rings is 2. The molecule has 0 spiro atoms. The van der Waals surface area contributed by atoms with Crippen molar-refractivity contribution in [2.75, 3.05) is 16.0 Å². The van der Waals surface area contributed by atoms with Crippen LogP contribution in [0.3, 0.4) is 0 Å². The molecule has 0 unspecified atom stereocenters. The lowest BCUT2D eigenvalue weighted by Crippen LogP contribution is -2.16. The van der Waals surface area contributed by atoms with E-state index in [9.17, 15) is 9.59 Å². The highest BCUT2D eigenvalue weighted by Gasteiger charge is 2.13. The van der Waals surface area contributed by atoms with Gasteiger partial charge in [-0.05, 0) is 48.7 Å². The predicted molar refractivity (Wildman–Crippen MR) is 115 cm³/mol. The Balaban J connectivity index is 1.74. The summed E-state index contributed by atoms with van der Waals surface area (Å²) in [6.07, 6.45) is 2.17. The van der Waals surface area contributed by atoms with E-state index >= 15 is 0 Å². The highest BCUT2D eigenvalue weighted by atomic mass is 16.2. The normalized spacial score (nSPS) is 10.3. The fourth-order valence-electron chi connectivity index (χ4n) is 2.92. The maximum Gasteiger partial charge on any atom is 0.274 e. The summed E-state index contributed by atoms with van der Waals surface area (Å²) in [7, 11) is 0. The zero-order chi connectivity index (χ0) is 20.8. The van der Waals surface area contributed by atoms with Gasteiger partial charge in [0.25, 0.3) is 5.91 Å². The average molecular weight is 389 g/mol. The molecular weight excluding hydrogens is 366 g/mol. The number of hydrogen-bond acceptors (Lipinski definition) is 5. The van der Waals surface area contributed by atoms with Gasteiger partial charge < -0.3 is 16.0 Å². The minimum absolute atomic E-state index is 0.128. The lowest BCUT2D eigenvalue weighted by Gasteiger charge is -2.13. The predicted octanol–water partition coefficient (Wildman–Crippen LogP) is 4.30. The summed E-state index contributed by atoms with van der Waals surface area (Å²) in [4.78, 5) is 32.1. The van der Waals surface area contributed by atoms with Crippen LogP contribution in [0.4, 0.5) is 22.9 Å². The molecule has 7 heteroatoms. The van der Waals surface area contributed by atoms with Crippen LogP contribution in [0.15, 0.2) is 54.9 Å². The first-order chi connectivity index (χ1) is 14.0. The van der Waals surface area contributed by atoms with Crippen molar-refractivity contribution in [1.82, 2.24) is 9.97 Å². The quantitative estimate of drug-likeness (QED) is 0.584. The zero-order valence-electron chi connectivity index (χ0n) is 16.6. The van der Waals surface area contributed by atoms with Gasteiger partial charge in [-0.1, -0.05) is 25.1 Å². The number of para-hydroxylation sites is 1. The summed E-state index contributed by atoms with van der Waals surface area (Å²) in [6, 6.07) is 14.7. The summed E-state index contributed by atoms with van der Waals surface area (Å²) < 4.78 is 0. The molecule has 3 aromatic rings. The molecule has 1 aromatic heterocycles. The molecule has 1 heterocycles. The molecule has 2 amide bonds. The van der Waals surface area contributed by atoms with Crippen molar-refractivity contribution in [2.45, 2.75) is 27.2 Å². The van der Waals surface area contributed by atoms with Crippen LogP contribution in [-0.2, 0) is 11.2 Å². The highest BCUT2D eigenvalue weighted by Crippen LogP contribution is 2.22. The van der Waals surface area contributed by atoms with Crippen molar-refractivity contribution in [3.8, 4) is 0 Å². The van der Waals surface area contributed by atoms with E-state index in [1.54, 1.807) is 18.2 Å². The minimum Gasteiger partial charge on any atom is -0.340 e. The van der Waals surface area contributed by atoms with Crippen molar-refractivity contribution in [3.05, 3.63) is 71.7 Å². The number of carbonyl (C=O) groups excluding carboxylic acids is 2. The molecule has 29 heavy (non-hydrogen) atoms. The molecule has 7 nitrogen and oxygen atoms in total. The Hall–Kier alpha value is -3.74. The van der Waals surface area contributed by atoms with E-state index in [-0.39, 0.29) is 17.5 Å². The van der Waals surface area contributed by atoms with Gasteiger partial charge in [-0.25, -0.2) is 9.97 Å². The lowest BCUT2D eigenvalue weighted by molar-refractivity contribution is -0.114. The number of carbonyl (C=O) groups is 2. The first kappa shape index (κ1) is 20.0. The third-order valence-corrected chi connectivity index (χ3v) is 4.36. The monoisotopic (exact) mass is 389 g/mol. The smallest absolute Gasteiger partial charge is 0.274 e. The van der Waals surface area contributed by atoms with Crippen molar-refractivity contribution >= 4 is 34.7 Å². The van der Waals surface area contributed by atoms with Gasteiger partial charge in [-0.2, -0.15) is 0 Å². The van der Waals surface area contributed by atoms with Gasteiger partial charge in [-0.15, -0.1) is 0 Å². The van der Waals surface area contributed by atoms with Gasteiger partial charge in [0.2, 0.25) is 5.91 Å². The Kier molecular flexibility index (Phi) is 6.19. The molecule has 2 aromatic carbocycles. The van der Waals surface area contributed by atoms with Crippen LogP contribution in [0.5, 0.6) is 0 Å². The van der Waals surface area contributed by atoms with Crippen LogP contribution in [0, 0.1) is 6.92 Å². The second-order valence-electron chi connectivity index (χ2n) is 6.59. The molecule has 0 saturated carbocycles. The minimum atomic E-state index is -0.291. The number of rotatable bonds is 6. The number of aromatic nitrogens is 2. The zero-order valence-corrected chi connectivity index (χ0v) is 16.6. The van der Waals surface area contributed by atoms with Gasteiger partial charge in [0.05, 0.1) is 0 Å². The molecule has 148 valence electrons. The number of amides is 2. The van der Waals surface area contributed by atoms with Crippen LogP contribution < -0.4 is 16.0 Å². The maximum absolute atomic E-state index is 12.7. The first-order valence-corrected chi connectivity index (χ1v) is 9.33. The highest BCUT2D eigenvalue weighted by molar-refractivity contribution is 6.04. The summed E-state index contributed by atoms with van der Waals surface area (Å²) in [6.45, 7) is 5.47. The fourth-order valence-corrected chi connectivity index (χ4v) is 2.92. The van der Waals surface area contributed by atoms with Gasteiger partial charge in [0.15, 0.2) is 0 Å². The van der Waals surface area contributed by atoms with E-state index in [0.717, 1.165) is 28.9 Å². The molecular formula is C22H23N5O2. The molecule has 0 atom stereocenters. The van der Waals surface area contributed by atoms with Crippen LogP contribution in [0.2, 0.25) is 0 Å². The molecule has 0 aliphatic carbocycles. The number of nitrogens with zero attached hydrogens (tertiary/aromatic N) is 2. The molecule has 0 aliphatic rings. The summed E-state index contributed by atoms with van der Waals surface area (Å²) in [5.41, 5.74) is 4.64. The summed E-state index contributed by atoms with van der Waals surface area (Å²) in [5, 5.41) is 8.81. The second-order valence-corrected chi connectivity index (χ2v) is 6.59. The average Bonchev–Trinajstić information content (AvgIpc) is 2.70. The molecule has 0 fully saturated rings. The molecule has 0 radical (unpaired) electrons. The summed E-state index contributed by atoms with van der Waals surface area (Å²) >= 11 is 0. The Morgan fingerprint density at radius 3 is 2.38 bits per heavy atom. The van der Waals surface area contributed by atoms with Crippen LogP contribution in [-0.4, -0.2) is 21.8 Å². The topological polar surface area (TPSA) is 96.0 Å². The van der Waals surface area contributed by atoms with Crippen LogP contribution in [0.25, 0.3) is 0 Å². The molecule has 0 bridgehead atoms. The second kappa shape index (κ2) is 8.97. The standard InChI is InChI=1S/C22H23N5O2/c1-4-16-7-5-6-14(2)21(16)27-22(29)19-12-20(24-13-23-19)26-18-10-8-17(9-11-18)25-15(3)28/h5-13H,4H2,1-3H3,(H,25,28)(H,27,29)(H,23,24,26). The maximum atomic E-state index is 12.7. The van der Waals surface area contributed by atoms with Crippen LogP contribution in [0.1, 0.15) is 35.5 Å². The van der Waals surface area contributed by atoms with Crippen LogP contribution >= 0.6 is 0 Å². The molecule has 3 rings (SSSR count). The lowest BCUT2D eigenvalue weighted by atomic mass is 10.1. The van der Waals surface area contributed by atoms with E-state index < -0.39 is 0 Å². The Labute approximate surface area is 169 Å². The van der Waals surface area contributed by atoms with Crippen molar-refractivity contribution in [1.29, 1.82) is 0 Å². The molecule has 0 aliphatic heterocycles. The van der Waals surface area contributed by atoms with E-state index in [1.165, 1.54) is 13.3 Å². The van der Waals surface area contributed by atoms with Gasteiger partial charge in [0.1, 0.15) is 17.8 Å². The van der Waals surface area contributed by atoms with Crippen molar-refractivity contribution in [2.24, 2.45) is 0 Å². The van der Waals surface area contributed by atoms with Crippen molar-refractivity contribution in [3.63, 3.8) is 0 Å². The summed E-state index contributed by atoms with van der Waals surface area (Å²) in [5.74, 6) is 0.0791. The van der Waals surface area contributed by atoms with E-state index in [2.05, 4.69) is 25.9 Å². The third-order valence-electron chi connectivity index (χ3n) is 4.36. The fraction of sp³-hybridized carbons (Fsp3) is 0.182. The number of aryl methyl sites for hydroxylation is 2. The molecule has 0 saturated heterocycles. The largest absolute Gasteiger partial charge is 0.340 e. The number of nitrogens with one attached hydrogen (secondary N) is 3. The van der Waals surface area contributed by atoms with Gasteiger partial charge in [-0.3, -0.25) is 9.59 Å².